The number of carbonyl (C=O) groups excluding carboxylic acids is 2. The van der Waals surface area contributed by atoms with E-state index in [1.165, 1.54) is 6.21 Å². The number of nitrogens with one attached hydrogen (secondary N) is 2. The summed E-state index contributed by atoms with van der Waals surface area (Å²) >= 11 is 12.4. The lowest BCUT2D eigenvalue weighted by atomic mass is 10.1. The van der Waals surface area contributed by atoms with Crippen LogP contribution in [0, 0.1) is 0 Å². The Hall–Kier alpha value is -3.55. The minimum absolute atomic E-state index is 0.165. The molecule has 0 spiro atoms. The molecule has 0 saturated carbocycles. The normalized spacial score (nSPS) is 10.7. The number of rotatable bonds is 9. The maximum absolute atomic E-state index is 12.1. The number of hydrogen-bond donors (Lipinski definition) is 2. The second kappa shape index (κ2) is 12.8. The monoisotopic (exact) mass is 513 g/mol. The molecule has 2 N–H and O–H groups in total. The van der Waals surface area contributed by atoms with Gasteiger partial charge in [0, 0.05) is 21.3 Å². The van der Waals surface area contributed by atoms with Crippen molar-refractivity contribution in [2.24, 2.45) is 5.10 Å². The maximum atomic E-state index is 12.1. The van der Waals surface area contributed by atoms with Crippen LogP contribution >= 0.6 is 23.2 Å². The Morgan fingerprint density at radius 1 is 0.914 bits per heavy atom. The van der Waals surface area contributed by atoms with E-state index in [4.69, 9.17) is 32.7 Å². The molecule has 0 heterocycles. The number of halogens is 2. The van der Waals surface area contributed by atoms with Gasteiger partial charge in [0.05, 0.1) is 12.8 Å². The lowest BCUT2D eigenvalue weighted by Gasteiger charge is -2.14. The SMILES string of the molecule is CCOc1cc(/C=N\NC(=O)C(=O)Nc2ccc(CC)cc2)ccc1OCc1c(Cl)cccc1Cl. The van der Waals surface area contributed by atoms with Crippen molar-refractivity contribution in [1.82, 2.24) is 5.43 Å². The molecule has 0 bridgehead atoms. The molecule has 0 saturated heterocycles. The number of nitrogens with zero attached hydrogens (tertiary/aromatic N) is 1. The molecule has 3 aromatic rings. The van der Waals surface area contributed by atoms with Crippen LogP contribution in [-0.2, 0) is 22.6 Å². The summed E-state index contributed by atoms with van der Waals surface area (Å²) in [6.07, 6.45) is 2.29. The highest BCUT2D eigenvalue weighted by molar-refractivity contribution is 6.39. The summed E-state index contributed by atoms with van der Waals surface area (Å²) in [7, 11) is 0. The van der Waals surface area contributed by atoms with Crippen LogP contribution in [0.2, 0.25) is 10.0 Å². The van der Waals surface area contributed by atoms with E-state index in [0.29, 0.717) is 45.0 Å². The number of hydrogen-bond acceptors (Lipinski definition) is 5. The zero-order valence-electron chi connectivity index (χ0n) is 19.3. The minimum Gasteiger partial charge on any atom is -0.490 e. The van der Waals surface area contributed by atoms with Gasteiger partial charge in [-0.1, -0.05) is 48.3 Å². The summed E-state index contributed by atoms with van der Waals surface area (Å²) < 4.78 is 11.5. The first kappa shape index (κ1) is 26.1. The predicted octanol–water partition coefficient (Wildman–Crippen LogP) is 5.62. The first-order chi connectivity index (χ1) is 16.9. The lowest BCUT2D eigenvalue weighted by molar-refractivity contribution is -0.136. The van der Waals surface area contributed by atoms with Crippen LogP contribution in [0.15, 0.2) is 65.8 Å². The van der Waals surface area contributed by atoms with Crippen LogP contribution < -0.4 is 20.2 Å². The first-order valence-electron chi connectivity index (χ1n) is 11.0. The highest BCUT2D eigenvalue weighted by Crippen LogP contribution is 2.31. The van der Waals surface area contributed by atoms with Crippen molar-refractivity contribution in [3.8, 4) is 11.5 Å². The molecule has 0 aliphatic heterocycles. The molecule has 182 valence electrons. The third-order valence-corrected chi connectivity index (χ3v) is 5.62. The smallest absolute Gasteiger partial charge is 0.329 e. The van der Waals surface area contributed by atoms with Gasteiger partial charge in [0.2, 0.25) is 0 Å². The Kier molecular flexibility index (Phi) is 9.52. The molecule has 3 aromatic carbocycles. The second-order valence-corrected chi connectivity index (χ2v) is 8.15. The predicted molar refractivity (Wildman–Crippen MR) is 139 cm³/mol. The highest BCUT2D eigenvalue weighted by atomic mass is 35.5. The van der Waals surface area contributed by atoms with Gasteiger partial charge >= 0.3 is 11.8 Å². The van der Waals surface area contributed by atoms with Crippen LogP contribution in [0.5, 0.6) is 11.5 Å². The molecule has 35 heavy (non-hydrogen) atoms. The number of ether oxygens (including phenoxy) is 2. The molecule has 0 aliphatic rings. The quantitative estimate of drug-likeness (QED) is 0.220. The van der Waals surface area contributed by atoms with Crippen molar-refractivity contribution in [3.63, 3.8) is 0 Å². The molecular formula is C26H25Cl2N3O4. The summed E-state index contributed by atoms with van der Waals surface area (Å²) in [4.78, 5) is 24.1. The van der Waals surface area contributed by atoms with Gasteiger partial charge in [0.1, 0.15) is 6.61 Å². The zero-order valence-corrected chi connectivity index (χ0v) is 20.8. The third kappa shape index (κ3) is 7.47. The van der Waals surface area contributed by atoms with Gasteiger partial charge in [-0.05, 0) is 66.9 Å². The van der Waals surface area contributed by atoms with Crippen LogP contribution in [-0.4, -0.2) is 24.6 Å². The average Bonchev–Trinajstić information content (AvgIpc) is 2.85. The van der Waals surface area contributed by atoms with Gasteiger partial charge in [-0.3, -0.25) is 9.59 Å². The first-order valence-corrected chi connectivity index (χ1v) is 11.7. The summed E-state index contributed by atoms with van der Waals surface area (Å²) in [5, 5.41) is 7.41. The molecule has 0 aliphatic carbocycles. The van der Waals surface area contributed by atoms with E-state index < -0.39 is 11.8 Å². The van der Waals surface area contributed by atoms with Gasteiger partial charge in [-0.15, -0.1) is 0 Å². The van der Waals surface area contributed by atoms with E-state index in [1.54, 1.807) is 48.5 Å². The van der Waals surface area contributed by atoms with E-state index >= 15 is 0 Å². The molecule has 0 aromatic heterocycles. The highest BCUT2D eigenvalue weighted by Gasteiger charge is 2.13. The molecule has 7 nitrogen and oxygen atoms in total. The number of carbonyl (C=O) groups is 2. The van der Waals surface area contributed by atoms with Gasteiger partial charge in [0.25, 0.3) is 0 Å². The van der Waals surface area contributed by atoms with E-state index in [0.717, 1.165) is 12.0 Å². The Morgan fingerprint density at radius 3 is 2.29 bits per heavy atom. The molecule has 9 heteroatoms. The van der Waals surface area contributed by atoms with Gasteiger partial charge in [0.15, 0.2) is 11.5 Å². The van der Waals surface area contributed by atoms with Crippen molar-refractivity contribution in [2.75, 3.05) is 11.9 Å². The number of hydrazone groups is 1. The fraction of sp³-hybridized carbons (Fsp3) is 0.192. The van der Waals surface area contributed by atoms with E-state index in [-0.39, 0.29) is 6.61 Å². The van der Waals surface area contributed by atoms with Crippen molar-refractivity contribution < 1.29 is 19.1 Å². The molecule has 2 amide bonds. The Balaban J connectivity index is 1.60. The molecule has 3 rings (SSSR count). The number of anilines is 1. The van der Waals surface area contributed by atoms with Crippen molar-refractivity contribution >= 4 is 46.9 Å². The summed E-state index contributed by atoms with van der Waals surface area (Å²) in [5.74, 6) is -0.720. The molecule has 0 radical (unpaired) electrons. The van der Waals surface area contributed by atoms with E-state index in [9.17, 15) is 9.59 Å². The molecular weight excluding hydrogens is 489 g/mol. The topological polar surface area (TPSA) is 89.0 Å². The Bertz CT molecular complexity index is 1190. The van der Waals surface area contributed by atoms with Crippen LogP contribution in [0.4, 0.5) is 5.69 Å². The van der Waals surface area contributed by atoms with Gasteiger partial charge in [-0.25, -0.2) is 5.43 Å². The van der Waals surface area contributed by atoms with Gasteiger partial charge in [-0.2, -0.15) is 5.10 Å². The summed E-state index contributed by atoms with van der Waals surface area (Å²) in [6, 6.07) is 17.7. The fourth-order valence-corrected chi connectivity index (χ4v) is 3.55. The van der Waals surface area contributed by atoms with Crippen molar-refractivity contribution in [2.45, 2.75) is 26.9 Å². The molecule has 0 atom stereocenters. The minimum atomic E-state index is -0.887. The standard InChI is InChI=1S/C26H25Cl2N3O4/c1-3-17-8-11-19(12-9-17)30-25(32)26(33)31-29-15-18-10-13-23(24(14-18)34-4-2)35-16-20-21(27)6-5-7-22(20)28/h5-15H,3-4,16H2,1-2H3,(H,30,32)(H,31,33)/b29-15-. The van der Waals surface area contributed by atoms with Crippen molar-refractivity contribution in [3.05, 3.63) is 87.4 Å². The number of aryl methyl sites for hydroxylation is 1. The van der Waals surface area contributed by atoms with Crippen LogP contribution in [0.1, 0.15) is 30.5 Å². The zero-order chi connectivity index (χ0) is 25.2. The van der Waals surface area contributed by atoms with Crippen molar-refractivity contribution in [1.29, 1.82) is 0 Å². The fourth-order valence-electron chi connectivity index (χ4n) is 3.04. The lowest BCUT2D eigenvalue weighted by Crippen LogP contribution is -2.32. The molecule has 0 fully saturated rings. The third-order valence-electron chi connectivity index (χ3n) is 4.91. The average molecular weight is 514 g/mol. The Morgan fingerprint density at radius 2 is 1.63 bits per heavy atom. The molecule has 0 unspecified atom stereocenters. The number of benzene rings is 3. The van der Waals surface area contributed by atoms with Crippen LogP contribution in [0.25, 0.3) is 0 Å². The largest absolute Gasteiger partial charge is 0.490 e. The summed E-state index contributed by atoms with van der Waals surface area (Å²) in [6.45, 7) is 4.47. The maximum Gasteiger partial charge on any atom is 0.329 e. The second-order valence-electron chi connectivity index (χ2n) is 7.33. The summed E-state index contributed by atoms with van der Waals surface area (Å²) in [5.41, 5.74) is 5.18. The van der Waals surface area contributed by atoms with E-state index in [2.05, 4.69) is 15.8 Å². The number of amides is 2. The van der Waals surface area contributed by atoms with Gasteiger partial charge < -0.3 is 14.8 Å². The van der Waals surface area contributed by atoms with E-state index in [1.807, 2.05) is 26.0 Å². The Labute approximate surface area is 214 Å². The van der Waals surface area contributed by atoms with Crippen LogP contribution in [0.3, 0.4) is 0 Å².